The molecule has 0 radical (unpaired) electrons. The lowest BCUT2D eigenvalue weighted by atomic mass is 9.68. The number of alkyl halides is 3. The molecule has 15 heteroatoms. The van der Waals surface area contributed by atoms with E-state index in [1.54, 1.807) is 60.0 Å². The average molecular weight is 693 g/mol. The highest BCUT2D eigenvalue weighted by molar-refractivity contribution is 7.43. The minimum absolute atomic E-state index is 0.288. The first-order chi connectivity index (χ1) is 22.1. The SMILES string of the molecule is CC(C)(C)C(OP(=O)([O-])[O-])(n1cc(-c2ccn(Cc3cccc(C(F)(F)F)c3F)c(=O)c2)c2cc(N3CCOCC3)cnc21)C(C)(C)C. The van der Waals surface area contributed by atoms with E-state index in [0.717, 1.165) is 16.3 Å². The maximum Gasteiger partial charge on any atom is 0.419 e. The number of hydrogen-bond acceptors (Lipinski definition) is 8. The Morgan fingerprint density at radius 2 is 1.65 bits per heavy atom. The summed E-state index contributed by atoms with van der Waals surface area (Å²) in [6.45, 7) is 12.2. The van der Waals surface area contributed by atoms with E-state index in [-0.39, 0.29) is 11.2 Å². The summed E-state index contributed by atoms with van der Waals surface area (Å²) in [7, 11) is -5.61. The van der Waals surface area contributed by atoms with Gasteiger partial charge >= 0.3 is 6.18 Å². The van der Waals surface area contributed by atoms with Crippen molar-refractivity contribution in [1.82, 2.24) is 14.1 Å². The van der Waals surface area contributed by atoms with E-state index in [4.69, 9.17) is 14.2 Å². The van der Waals surface area contributed by atoms with Crippen molar-refractivity contribution in [3.8, 4) is 11.1 Å². The van der Waals surface area contributed by atoms with Gasteiger partial charge in [0, 0.05) is 58.9 Å². The van der Waals surface area contributed by atoms with Gasteiger partial charge in [0.2, 0.25) is 0 Å². The van der Waals surface area contributed by atoms with Crippen molar-refractivity contribution in [2.24, 2.45) is 10.8 Å². The van der Waals surface area contributed by atoms with Crippen LogP contribution >= 0.6 is 7.82 Å². The number of anilines is 1. The van der Waals surface area contributed by atoms with Gasteiger partial charge in [0.15, 0.2) is 5.72 Å². The molecule has 1 aliphatic heterocycles. The number of hydrogen-bond donors (Lipinski definition) is 0. The minimum Gasteiger partial charge on any atom is -0.790 e. The van der Waals surface area contributed by atoms with Crippen LogP contribution in [0.25, 0.3) is 22.2 Å². The Morgan fingerprint density at radius 3 is 2.21 bits per heavy atom. The summed E-state index contributed by atoms with van der Waals surface area (Å²) in [6.07, 6.45) is -0.319. The molecule has 0 atom stereocenters. The summed E-state index contributed by atoms with van der Waals surface area (Å²) >= 11 is 0. The normalized spacial score (nSPS) is 15.4. The molecule has 1 fully saturated rings. The summed E-state index contributed by atoms with van der Waals surface area (Å²) in [6, 6.07) is 7.56. The van der Waals surface area contributed by atoms with Crippen molar-refractivity contribution >= 4 is 24.5 Å². The lowest BCUT2D eigenvalue weighted by molar-refractivity contribution is -0.367. The molecule has 0 amide bonds. The number of rotatable bonds is 7. The van der Waals surface area contributed by atoms with E-state index in [2.05, 4.69) is 4.90 Å². The molecule has 0 unspecified atom stereocenters. The molecule has 3 aromatic heterocycles. The molecule has 1 saturated heterocycles. The van der Waals surface area contributed by atoms with Crippen molar-refractivity contribution in [3.05, 3.63) is 82.3 Å². The Balaban J connectivity index is 1.72. The molecule has 4 heterocycles. The summed E-state index contributed by atoms with van der Waals surface area (Å²) in [5, 5.41) is 0.521. The fourth-order valence-corrected chi connectivity index (χ4v) is 7.76. The maximum absolute atomic E-state index is 14.8. The van der Waals surface area contributed by atoms with Crippen LogP contribution < -0.4 is 20.2 Å². The second kappa shape index (κ2) is 12.4. The van der Waals surface area contributed by atoms with Crippen molar-refractivity contribution in [2.45, 2.75) is 60.0 Å². The van der Waals surface area contributed by atoms with E-state index in [9.17, 15) is 36.7 Å². The number of morpholine rings is 1. The minimum atomic E-state index is -5.61. The molecule has 10 nitrogen and oxygen atoms in total. The molecule has 48 heavy (non-hydrogen) atoms. The van der Waals surface area contributed by atoms with Crippen LogP contribution in [0.3, 0.4) is 0 Å². The molecule has 260 valence electrons. The Morgan fingerprint density at radius 1 is 1.00 bits per heavy atom. The molecule has 1 aromatic carbocycles. The van der Waals surface area contributed by atoms with Gasteiger partial charge in [0.25, 0.3) is 5.56 Å². The molecule has 4 aromatic rings. The number of phosphoric acid groups is 1. The smallest absolute Gasteiger partial charge is 0.419 e. The molecular weight excluding hydrogens is 655 g/mol. The monoisotopic (exact) mass is 692 g/mol. The maximum atomic E-state index is 14.8. The predicted molar refractivity (Wildman–Crippen MR) is 169 cm³/mol. The highest BCUT2D eigenvalue weighted by atomic mass is 31.2. The first-order valence-electron chi connectivity index (χ1n) is 15.3. The standard InChI is InChI=1S/C33H39F4N4O6P/c1-30(2,3)33(31(4,5)6,47-48(43,44)45)41-20-25(24-17-23(18-38-29(24)41)39-12-14-46-15-13-39)21-10-11-40(27(42)16-21)19-22-8-7-9-26(28(22)34)32(35,36)37/h7-11,16-18,20H,12-15,19H2,1-6H3,(H2,43,44,45)/p-2. The van der Waals surface area contributed by atoms with Crippen molar-refractivity contribution in [1.29, 1.82) is 0 Å². The molecule has 1 aliphatic rings. The molecule has 0 spiro atoms. The van der Waals surface area contributed by atoms with Gasteiger partial charge in [-0.2, -0.15) is 13.2 Å². The molecule has 0 aliphatic carbocycles. The fraction of sp³-hybridized carbons (Fsp3) is 0.455. The van der Waals surface area contributed by atoms with Crippen molar-refractivity contribution in [2.75, 3.05) is 31.2 Å². The van der Waals surface area contributed by atoms with Gasteiger partial charge in [-0.1, -0.05) is 53.7 Å². The summed E-state index contributed by atoms with van der Waals surface area (Å²) in [5.74, 6) is -1.46. The van der Waals surface area contributed by atoms with Crippen LogP contribution in [0, 0.1) is 16.6 Å². The molecule has 0 bridgehead atoms. The number of ether oxygens (including phenoxy) is 1. The van der Waals surface area contributed by atoms with E-state index in [1.165, 1.54) is 22.9 Å². The van der Waals surface area contributed by atoms with Gasteiger partial charge < -0.3 is 37.6 Å². The Kier molecular flexibility index (Phi) is 9.24. The molecule has 0 N–H and O–H groups in total. The van der Waals surface area contributed by atoms with Crippen LogP contribution in [0.2, 0.25) is 0 Å². The zero-order chi connectivity index (χ0) is 35.4. The number of fused-ring (bicyclic) bond motifs is 1. The van der Waals surface area contributed by atoms with Gasteiger partial charge in [-0.3, -0.25) is 4.79 Å². The third-order valence-electron chi connectivity index (χ3n) is 8.65. The second-order valence-corrected chi connectivity index (χ2v) is 15.0. The van der Waals surface area contributed by atoms with E-state index >= 15 is 0 Å². The van der Waals surface area contributed by atoms with Crippen LogP contribution in [0.15, 0.2) is 59.8 Å². The van der Waals surface area contributed by atoms with Crippen LogP contribution in [-0.4, -0.2) is 40.4 Å². The van der Waals surface area contributed by atoms with Crippen molar-refractivity contribution in [3.63, 3.8) is 0 Å². The Labute approximate surface area is 275 Å². The van der Waals surface area contributed by atoms with Gasteiger partial charge in [0.05, 0.1) is 45.0 Å². The number of halogens is 4. The Bertz CT molecular complexity index is 1920. The topological polar surface area (TPSA) is 125 Å². The number of phosphoric ester groups is 1. The van der Waals surface area contributed by atoms with Crippen molar-refractivity contribution < 1.29 is 41.2 Å². The lowest BCUT2D eigenvalue weighted by Gasteiger charge is -2.57. The van der Waals surface area contributed by atoms with Gasteiger partial charge in [-0.05, 0) is 23.8 Å². The second-order valence-electron chi connectivity index (χ2n) is 13.9. The quantitative estimate of drug-likeness (QED) is 0.184. The van der Waals surface area contributed by atoms with E-state index in [1.807, 2.05) is 6.07 Å². The highest BCUT2D eigenvalue weighted by Gasteiger charge is 2.55. The predicted octanol–water partition coefficient (Wildman–Crippen LogP) is 5.50. The molecule has 0 saturated carbocycles. The third-order valence-corrected chi connectivity index (χ3v) is 9.14. The van der Waals surface area contributed by atoms with Gasteiger partial charge in [-0.25, -0.2) is 9.37 Å². The molecular formula is C33H37F4N4O6P-2. The summed E-state index contributed by atoms with van der Waals surface area (Å²) < 4.78 is 80.7. The summed E-state index contributed by atoms with van der Waals surface area (Å²) in [4.78, 5) is 45.0. The number of pyridine rings is 2. The first kappa shape index (κ1) is 35.7. The van der Waals surface area contributed by atoms with Gasteiger partial charge in [0.1, 0.15) is 11.5 Å². The number of benzene rings is 1. The third kappa shape index (κ3) is 6.69. The number of nitrogens with zero attached hydrogens (tertiary/aromatic N) is 4. The first-order valence-corrected chi connectivity index (χ1v) is 16.7. The Hall–Kier alpha value is -3.55. The molecule has 5 rings (SSSR count). The van der Waals surface area contributed by atoms with Crippen LogP contribution in [0.4, 0.5) is 23.2 Å². The van der Waals surface area contributed by atoms with E-state index in [0.29, 0.717) is 48.9 Å². The zero-order valence-electron chi connectivity index (χ0n) is 27.4. The summed E-state index contributed by atoms with van der Waals surface area (Å²) in [5.41, 5.74) is -4.34. The average Bonchev–Trinajstić information content (AvgIpc) is 3.35. The van der Waals surface area contributed by atoms with Gasteiger partial charge in [-0.15, -0.1) is 0 Å². The van der Waals surface area contributed by atoms with Crippen LogP contribution in [-0.2, 0) is 32.3 Å². The fourth-order valence-electron chi connectivity index (χ4n) is 6.80. The zero-order valence-corrected chi connectivity index (χ0v) is 28.3. The lowest BCUT2D eigenvalue weighted by Crippen LogP contribution is -2.57. The van der Waals surface area contributed by atoms with E-state index < -0.39 is 54.0 Å². The van der Waals surface area contributed by atoms with Crippen LogP contribution in [0.1, 0.15) is 52.7 Å². The number of aromatic nitrogens is 3. The largest absolute Gasteiger partial charge is 0.790 e. The highest BCUT2D eigenvalue weighted by Crippen LogP contribution is 2.57. The van der Waals surface area contributed by atoms with Crippen LogP contribution in [0.5, 0.6) is 0 Å².